The third kappa shape index (κ3) is 2.42. The van der Waals surface area contributed by atoms with E-state index in [9.17, 15) is 0 Å². The number of anilines is 1. The van der Waals surface area contributed by atoms with Crippen LogP contribution in [-0.4, -0.2) is 44.3 Å². The van der Waals surface area contributed by atoms with Gasteiger partial charge in [-0.05, 0) is 24.6 Å². The first-order valence-electron chi connectivity index (χ1n) is 6.59. The maximum Gasteiger partial charge on any atom is 0.128 e. The zero-order chi connectivity index (χ0) is 11.5. The van der Waals surface area contributed by atoms with Gasteiger partial charge in [0, 0.05) is 44.8 Å². The number of piperazine rings is 1. The molecule has 3 heterocycles. The summed E-state index contributed by atoms with van der Waals surface area (Å²) in [6.07, 6.45) is 2.18. The minimum Gasteiger partial charge on any atom is -0.354 e. The van der Waals surface area contributed by atoms with Crippen molar-refractivity contribution in [2.45, 2.75) is 12.8 Å². The predicted octanol–water partition coefficient (Wildman–Crippen LogP) is 0.179. The SMILES string of the molecule is c1cc2c(nc1N1CCNCC1)CCNCC2. The van der Waals surface area contributed by atoms with E-state index in [1.807, 2.05) is 0 Å². The predicted molar refractivity (Wildman–Crippen MR) is 69.6 cm³/mol. The molecule has 0 aromatic carbocycles. The maximum atomic E-state index is 4.86. The molecule has 1 saturated heterocycles. The van der Waals surface area contributed by atoms with Crippen LogP contribution in [0, 0.1) is 0 Å². The zero-order valence-corrected chi connectivity index (χ0v) is 10.2. The van der Waals surface area contributed by atoms with E-state index < -0.39 is 0 Å². The maximum absolute atomic E-state index is 4.86. The Bertz CT molecular complexity index is 385. The summed E-state index contributed by atoms with van der Waals surface area (Å²) in [6, 6.07) is 4.46. The lowest BCUT2D eigenvalue weighted by atomic mass is 10.1. The number of aromatic nitrogens is 1. The normalized spacial score (nSPS) is 20.8. The fourth-order valence-corrected chi connectivity index (χ4v) is 2.59. The first-order valence-corrected chi connectivity index (χ1v) is 6.59. The van der Waals surface area contributed by atoms with Crippen LogP contribution in [-0.2, 0) is 12.8 Å². The lowest BCUT2D eigenvalue weighted by molar-refractivity contribution is 0.584. The summed E-state index contributed by atoms with van der Waals surface area (Å²) in [4.78, 5) is 7.24. The fraction of sp³-hybridized carbons (Fsp3) is 0.615. The van der Waals surface area contributed by atoms with Crippen molar-refractivity contribution in [2.24, 2.45) is 0 Å². The van der Waals surface area contributed by atoms with Gasteiger partial charge in [-0.3, -0.25) is 0 Å². The van der Waals surface area contributed by atoms with Gasteiger partial charge in [-0.15, -0.1) is 0 Å². The van der Waals surface area contributed by atoms with Crippen molar-refractivity contribution in [1.82, 2.24) is 15.6 Å². The van der Waals surface area contributed by atoms with E-state index in [2.05, 4.69) is 27.7 Å². The number of rotatable bonds is 1. The Balaban J connectivity index is 1.83. The minimum absolute atomic E-state index is 1.06. The molecule has 1 aromatic rings. The number of nitrogens with one attached hydrogen (secondary N) is 2. The molecule has 0 atom stereocenters. The second kappa shape index (κ2) is 5.02. The Morgan fingerprint density at radius 1 is 0.941 bits per heavy atom. The van der Waals surface area contributed by atoms with Gasteiger partial charge in [0.15, 0.2) is 0 Å². The van der Waals surface area contributed by atoms with Crippen LogP contribution >= 0.6 is 0 Å². The van der Waals surface area contributed by atoms with Gasteiger partial charge in [0.2, 0.25) is 0 Å². The van der Waals surface area contributed by atoms with Gasteiger partial charge in [-0.2, -0.15) is 0 Å². The van der Waals surface area contributed by atoms with Gasteiger partial charge in [0.1, 0.15) is 5.82 Å². The second-order valence-electron chi connectivity index (χ2n) is 4.76. The van der Waals surface area contributed by atoms with Gasteiger partial charge in [0.05, 0.1) is 0 Å². The second-order valence-corrected chi connectivity index (χ2v) is 4.76. The molecule has 4 heteroatoms. The van der Waals surface area contributed by atoms with Gasteiger partial charge in [0.25, 0.3) is 0 Å². The molecule has 92 valence electrons. The van der Waals surface area contributed by atoms with Gasteiger partial charge >= 0.3 is 0 Å². The molecule has 1 aromatic heterocycles. The van der Waals surface area contributed by atoms with Gasteiger partial charge in [-0.25, -0.2) is 4.98 Å². The van der Waals surface area contributed by atoms with Crippen LogP contribution in [0.3, 0.4) is 0 Å². The lowest BCUT2D eigenvalue weighted by Crippen LogP contribution is -2.44. The van der Waals surface area contributed by atoms with E-state index in [0.29, 0.717) is 0 Å². The highest BCUT2D eigenvalue weighted by Crippen LogP contribution is 2.17. The van der Waals surface area contributed by atoms with E-state index in [4.69, 9.17) is 4.98 Å². The first kappa shape index (κ1) is 11.0. The Hall–Kier alpha value is -1.13. The van der Waals surface area contributed by atoms with E-state index in [-0.39, 0.29) is 0 Å². The smallest absolute Gasteiger partial charge is 0.128 e. The Morgan fingerprint density at radius 3 is 2.59 bits per heavy atom. The van der Waals surface area contributed by atoms with Crippen LogP contribution < -0.4 is 15.5 Å². The van der Waals surface area contributed by atoms with Crippen molar-refractivity contribution in [3.8, 4) is 0 Å². The molecule has 1 fully saturated rings. The van der Waals surface area contributed by atoms with Crippen molar-refractivity contribution >= 4 is 5.82 Å². The highest BCUT2D eigenvalue weighted by molar-refractivity contribution is 5.43. The number of nitrogens with zero attached hydrogens (tertiary/aromatic N) is 2. The number of hydrogen-bond acceptors (Lipinski definition) is 4. The average molecular weight is 232 g/mol. The van der Waals surface area contributed by atoms with Crippen molar-refractivity contribution in [3.63, 3.8) is 0 Å². The number of fused-ring (bicyclic) bond motifs is 1. The van der Waals surface area contributed by atoms with Crippen molar-refractivity contribution < 1.29 is 0 Å². The van der Waals surface area contributed by atoms with Crippen LogP contribution in [0.1, 0.15) is 11.3 Å². The molecule has 0 unspecified atom stereocenters. The zero-order valence-electron chi connectivity index (χ0n) is 10.2. The van der Waals surface area contributed by atoms with E-state index in [1.165, 1.54) is 11.3 Å². The van der Waals surface area contributed by atoms with E-state index in [1.54, 1.807) is 0 Å². The molecule has 0 radical (unpaired) electrons. The topological polar surface area (TPSA) is 40.2 Å². The standard InChI is InChI=1S/C13H20N4/c1-2-13(17-9-7-15-8-10-17)16-12-4-6-14-5-3-11(1)12/h1-2,14-15H,3-10H2. The molecule has 3 rings (SSSR count). The summed E-state index contributed by atoms with van der Waals surface area (Å²) in [5.74, 6) is 1.16. The molecule has 17 heavy (non-hydrogen) atoms. The van der Waals surface area contributed by atoms with E-state index in [0.717, 1.165) is 57.9 Å². The molecule has 0 spiro atoms. The van der Waals surface area contributed by atoms with E-state index >= 15 is 0 Å². The highest BCUT2D eigenvalue weighted by Gasteiger charge is 2.14. The molecular weight excluding hydrogens is 212 g/mol. The average Bonchev–Trinajstić information content (AvgIpc) is 2.64. The summed E-state index contributed by atoms with van der Waals surface area (Å²) in [6.45, 7) is 6.43. The van der Waals surface area contributed by atoms with Gasteiger partial charge in [-0.1, -0.05) is 6.07 Å². The molecule has 0 saturated carbocycles. The summed E-state index contributed by atoms with van der Waals surface area (Å²) in [5.41, 5.74) is 2.72. The summed E-state index contributed by atoms with van der Waals surface area (Å²) < 4.78 is 0. The Kier molecular flexibility index (Phi) is 3.25. The molecule has 2 N–H and O–H groups in total. The number of pyridine rings is 1. The van der Waals surface area contributed by atoms with Crippen LogP contribution in [0.5, 0.6) is 0 Å². The number of hydrogen-bond donors (Lipinski definition) is 2. The fourth-order valence-electron chi connectivity index (χ4n) is 2.59. The van der Waals surface area contributed by atoms with Crippen molar-refractivity contribution in [3.05, 3.63) is 23.4 Å². The molecule has 4 nitrogen and oxygen atoms in total. The van der Waals surface area contributed by atoms with Gasteiger partial charge < -0.3 is 15.5 Å². The van der Waals surface area contributed by atoms with Crippen molar-refractivity contribution in [1.29, 1.82) is 0 Å². The molecule has 2 aliphatic heterocycles. The molecule has 0 amide bonds. The minimum atomic E-state index is 1.06. The Morgan fingerprint density at radius 2 is 1.71 bits per heavy atom. The third-order valence-corrected chi connectivity index (χ3v) is 3.60. The highest BCUT2D eigenvalue weighted by atomic mass is 15.2. The molecule has 2 aliphatic rings. The Labute approximate surface area is 102 Å². The quantitative estimate of drug-likeness (QED) is 0.724. The molecular formula is C13H20N4. The first-order chi connectivity index (χ1) is 8.43. The summed E-state index contributed by atoms with van der Waals surface area (Å²) >= 11 is 0. The van der Waals surface area contributed by atoms with Crippen LogP contribution in [0.25, 0.3) is 0 Å². The van der Waals surface area contributed by atoms with Crippen LogP contribution in [0.4, 0.5) is 5.82 Å². The van der Waals surface area contributed by atoms with Crippen molar-refractivity contribution in [2.75, 3.05) is 44.2 Å². The summed E-state index contributed by atoms with van der Waals surface area (Å²) in [5, 5.41) is 6.81. The molecule has 0 aliphatic carbocycles. The monoisotopic (exact) mass is 232 g/mol. The van der Waals surface area contributed by atoms with Crippen LogP contribution in [0.15, 0.2) is 12.1 Å². The largest absolute Gasteiger partial charge is 0.354 e. The molecule has 0 bridgehead atoms. The third-order valence-electron chi connectivity index (χ3n) is 3.60. The summed E-state index contributed by atoms with van der Waals surface area (Å²) in [7, 11) is 0. The van der Waals surface area contributed by atoms with Crippen LogP contribution in [0.2, 0.25) is 0 Å². The lowest BCUT2D eigenvalue weighted by Gasteiger charge is -2.29.